The minimum absolute atomic E-state index is 0.0169. The highest BCUT2D eigenvalue weighted by molar-refractivity contribution is 6.14. The first kappa shape index (κ1) is 46.4. The summed E-state index contributed by atoms with van der Waals surface area (Å²) in [7, 11) is 0. The van der Waals surface area contributed by atoms with Crippen molar-refractivity contribution < 1.29 is 0 Å². The Morgan fingerprint density at radius 3 is 1.56 bits per heavy atom. The first-order valence-electron chi connectivity index (χ1n) is 25.6. The van der Waals surface area contributed by atoms with Gasteiger partial charge in [-0.25, -0.2) is 0 Å². The van der Waals surface area contributed by atoms with Crippen molar-refractivity contribution in [3.63, 3.8) is 0 Å². The summed E-state index contributed by atoms with van der Waals surface area (Å²) in [5.74, 6) is 0. The fourth-order valence-corrected chi connectivity index (χ4v) is 10.7. The van der Waals surface area contributed by atoms with Crippen molar-refractivity contribution in [2.75, 3.05) is 4.90 Å². The van der Waals surface area contributed by atoms with Crippen molar-refractivity contribution >= 4 is 49.6 Å². The van der Waals surface area contributed by atoms with Crippen LogP contribution >= 0.6 is 0 Å². The predicted octanol–water partition coefficient (Wildman–Crippen LogP) is 20.0. The highest BCUT2D eigenvalue weighted by Gasteiger charge is 2.27. The fraction of sp³-hybridized carbons (Fsp3) is 0.171. The number of benzene rings is 10. The van der Waals surface area contributed by atoms with Gasteiger partial charge in [-0.3, -0.25) is 0 Å². The average Bonchev–Trinajstić information content (AvgIpc) is 3.73. The van der Waals surface area contributed by atoms with Crippen LogP contribution in [-0.4, -0.2) is 4.57 Å². The van der Waals surface area contributed by atoms with Crippen LogP contribution in [0.4, 0.5) is 17.1 Å². The number of para-hydroxylation sites is 4. The van der Waals surface area contributed by atoms with Gasteiger partial charge in [-0.2, -0.15) is 0 Å². The van der Waals surface area contributed by atoms with Crippen LogP contribution in [-0.2, 0) is 16.2 Å². The van der Waals surface area contributed by atoms with E-state index in [1.807, 2.05) is 0 Å². The van der Waals surface area contributed by atoms with Gasteiger partial charge in [-0.05, 0) is 114 Å². The molecule has 2 nitrogen and oxygen atoms in total. The monoisotopic (exact) mass is 933 g/mol. The minimum Gasteiger partial charge on any atom is -0.309 e. The predicted molar refractivity (Wildman–Crippen MR) is 311 cm³/mol. The zero-order valence-electron chi connectivity index (χ0n) is 43.3. The maximum absolute atomic E-state index is 2.53. The first-order chi connectivity index (χ1) is 34.6. The van der Waals surface area contributed by atoms with Crippen molar-refractivity contribution in [3.8, 4) is 50.2 Å². The summed E-state index contributed by atoms with van der Waals surface area (Å²) in [5, 5.41) is 4.96. The third-order valence-corrected chi connectivity index (χ3v) is 14.7. The molecule has 0 atom stereocenters. The Morgan fingerprint density at radius 1 is 0.333 bits per heavy atom. The molecule has 0 aliphatic carbocycles. The lowest BCUT2D eigenvalue weighted by Gasteiger charge is -2.32. The molecule has 1 aromatic heterocycles. The number of hydrogen-bond acceptors (Lipinski definition) is 1. The van der Waals surface area contributed by atoms with Crippen molar-refractivity contribution in [2.45, 2.75) is 78.6 Å². The third-order valence-electron chi connectivity index (χ3n) is 14.7. The number of aromatic nitrogens is 1. The number of nitrogens with zero attached hydrogens (tertiary/aromatic N) is 2. The van der Waals surface area contributed by atoms with Gasteiger partial charge in [0, 0.05) is 38.8 Å². The van der Waals surface area contributed by atoms with E-state index in [4.69, 9.17) is 0 Å². The molecule has 2 heteroatoms. The number of fused-ring (bicyclic) bond motifs is 4. The molecule has 0 aliphatic heterocycles. The SMILES string of the molecule is CC(C)(C)c1cc(-c2cccc3cccc(-c4ccccc4N(c4ccc(-c5cccc6c7ccccc7n(-c7ccccc7)c56)cc4)c4cc(C(C)(C)C)ccc4-c4ccccc4)c23)cc(C(C)(C)C)c1. The van der Waals surface area contributed by atoms with Crippen LogP contribution in [0.3, 0.4) is 0 Å². The van der Waals surface area contributed by atoms with Crippen molar-refractivity contribution in [1.29, 1.82) is 0 Å². The zero-order valence-corrected chi connectivity index (χ0v) is 43.3. The van der Waals surface area contributed by atoms with Crippen LogP contribution in [0.2, 0.25) is 0 Å². The highest BCUT2D eigenvalue weighted by atomic mass is 15.1. The Hall–Kier alpha value is -7.94. The number of rotatable bonds is 8. The van der Waals surface area contributed by atoms with Crippen LogP contribution in [0.25, 0.3) is 82.8 Å². The molecular weight excluding hydrogens is 869 g/mol. The standard InChI is InChI=1S/C70H64N2/c1-68(2,3)51-39-42-56(47-23-12-10-13-24-47)65(46-51)71(55-40-37-48(38-41-55)58-32-22-34-62-60-30-17-19-36-64(60)72(67(58)62)54-27-14-11-15-28-54)63-35-18-16-29-59(63)61-33-21-26-49-25-20-31-57(66(49)61)50-43-52(69(4,5)6)45-53(44-50)70(7,8)9/h10-46H,1-9H3. The van der Waals surface area contributed by atoms with Gasteiger partial charge < -0.3 is 9.47 Å². The van der Waals surface area contributed by atoms with E-state index in [0.717, 1.165) is 28.3 Å². The van der Waals surface area contributed by atoms with Crippen LogP contribution in [0.5, 0.6) is 0 Å². The summed E-state index contributed by atoms with van der Waals surface area (Å²) < 4.78 is 2.43. The summed E-state index contributed by atoms with van der Waals surface area (Å²) in [6.07, 6.45) is 0. The van der Waals surface area contributed by atoms with Gasteiger partial charge in [-0.1, -0.05) is 244 Å². The second-order valence-electron chi connectivity index (χ2n) is 22.6. The highest BCUT2D eigenvalue weighted by Crippen LogP contribution is 2.49. The second kappa shape index (κ2) is 18.0. The lowest BCUT2D eigenvalue weighted by atomic mass is 9.78. The van der Waals surface area contributed by atoms with E-state index >= 15 is 0 Å². The molecule has 0 bridgehead atoms. The molecule has 0 saturated carbocycles. The van der Waals surface area contributed by atoms with Crippen molar-refractivity contribution in [2.24, 2.45) is 0 Å². The molecule has 0 amide bonds. The van der Waals surface area contributed by atoms with Crippen LogP contribution < -0.4 is 4.90 Å². The zero-order chi connectivity index (χ0) is 49.9. The Bertz CT molecular complexity index is 3740. The second-order valence-corrected chi connectivity index (χ2v) is 22.6. The molecule has 11 aromatic rings. The van der Waals surface area contributed by atoms with E-state index in [9.17, 15) is 0 Å². The summed E-state index contributed by atoms with van der Waals surface area (Å²) >= 11 is 0. The van der Waals surface area contributed by atoms with Gasteiger partial charge in [-0.15, -0.1) is 0 Å². The van der Waals surface area contributed by atoms with Crippen LogP contribution in [0.1, 0.15) is 79.0 Å². The summed E-state index contributed by atoms with van der Waals surface area (Å²) in [6, 6.07) is 83.6. The Labute approximate surface area is 426 Å². The molecule has 0 aliphatic rings. The molecule has 0 N–H and O–H groups in total. The number of hydrogen-bond donors (Lipinski definition) is 0. The van der Waals surface area contributed by atoms with Crippen LogP contribution in [0.15, 0.2) is 224 Å². The Kier molecular flexibility index (Phi) is 11.6. The first-order valence-corrected chi connectivity index (χ1v) is 25.6. The van der Waals surface area contributed by atoms with Gasteiger partial charge in [0.1, 0.15) is 0 Å². The topological polar surface area (TPSA) is 8.17 Å². The molecule has 0 radical (unpaired) electrons. The molecule has 0 fully saturated rings. The van der Waals surface area contributed by atoms with E-state index in [0.29, 0.717) is 0 Å². The van der Waals surface area contributed by atoms with Gasteiger partial charge in [0.15, 0.2) is 0 Å². The molecule has 10 aromatic carbocycles. The third kappa shape index (κ3) is 8.49. The van der Waals surface area contributed by atoms with E-state index < -0.39 is 0 Å². The number of anilines is 3. The lowest BCUT2D eigenvalue weighted by Crippen LogP contribution is -2.16. The maximum atomic E-state index is 2.53. The van der Waals surface area contributed by atoms with Gasteiger partial charge >= 0.3 is 0 Å². The molecule has 1 heterocycles. The van der Waals surface area contributed by atoms with Crippen LogP contribution in [0, 0.1) is 0 Å². The molecular formula is C70H64N2. The smallest absolute Gasteiger partial charge is 0.0619 e. The maximum Gasteiger partial charge on any atom is 0.0619 e. The molecule has 0 unspecified atom stereocenters. The molecule has 0 saturated heterocycles. The van der Waals surface area contributed by atoms with Gasteiger partial charge in [0.25, 0.3) is 0 Å². The fourth-order valence-electron chi connectivity index (χ4n) is 10.7. The van der Waals surface area contributed by atoms with E-state index in [-0.39, 0.29) is 16.2 Å². The quantitative estimate of drug-likeness (QED) is 0.147. The normalized spacial score (nSPS) is 12.2. The van der Waals surface area contributed by atoms with Gasteiger partial charge in [0.05, 0.1) is 22.4 Å². The van der Waals surface area contributed by atoms with Crippen molar-refractivity contribution in [1.82, 2.24) is 4.57 Å². The summed E-state index contributed by atoms with van der Waals surface area (Å²) in [4.78, 5) is 2.53. The Balaban J connectivity index is 1.16. The minimum atomic E-state index is -0.0903. The molecule has 0 spiro atoms. The lowest BCUT2D eigenvalue weighted by molar-refractivity contribution is 0.569. The molecule has 72 heavy (non-hydrogen) atoms. The molecule has 354 valence electrons. The molecule has 11 rings (SSSR count). The average molecular weight is 933 g/mol. The van der Waals surface area contributed by atoms with Gasteiger partial charge in [0.2, 0.25) is 0 Å². The van der Waals surface area contributed by atoms with E-state index in [1.54, 1.807) is 0 Å². The van der Waals surface area contributed by atoms with Crippen molar-refractivity contribution in [3.05, 3.63) is 241 Å². The van der Waals surface area contributed by atoms with E-state index in [2.05, 4.69) is 296 Å². The van der Waals surface area contributed by atoms with E-state index in [1.165, 1.54) is 88.2 Å². The summed E-state index contributed by atoms with van der Waals surface area (Å²) in [6.45, 7) is 20.9. The summed E-state index contributed by atoms with van der Waals surface area (Å²) in [5.41, 5.74) is 20.3. The largest absolute Gasteiger partial charge is 0.309 e. The Morgan fingerprint density at radius 2 is 0.875 bits per heavy atom.